The number of esters is 1. The van der Waals surface area contributed by atoms with Crippen molar-refractivity contribution < 1.29 is 14.3 Å². The summed E-state index contributed by atoms with van der Waals surface area (Å²) in [4.78, 5) is 29.2. The van der Waals surface area contributed by atoms with Gasteiger partial charge in [0.25, 0.3) is 5.91 Å². The third-order valence-electron chi connectivity index (χ3n) is 4.92. The van der Waals surface area contributed by atoms with E-state index < -0.39 is 0 Å². The fourth-order valence-corrected chi connectivity index (χ4v) is 3.44. The molecule has 4 rings (SSSR count). The summed E-state index contributed by atoms with van der Waals surface area (Å²) in [6, 6.07) is 20.8. The molecule has 0 aliphatic heterocycles. The molecule has 0 saturated carbocycles. The molecule has 1 N–H and O–H groups in total. The molecule has 30 heavy (non-hydrogen) atoms. The molecule has 0 aliphatic carbocycles. The van der Waals surface area contributed by atoms with E-state index in [0.29, 0.717) is 23.4 Å². The number of carbonyl (C=O) groups is 2. The van der Waals surface area contributed by atoms with Crippen LogP contribution in [0.4, 0.5) is 5.69 Å². The van der Waals surface area contributed by atoms with E-state index >= 15 is 0 Å². The number of para-hydroxylation sites is 2. The van der Waals surface area contributed by atoms with Crippen LogP contribution in [-0.4, -0.2) is 28.5 Å². The minimum absolute atomic E-state index is 0.0917. The lowest BCUT2D eigenvalue weighted by atomic mass is 10.1. The van der Waals surface area contributed by atoms with Crippen LogP contribution in [-0.2, 0) is 22.5 Å². The summed E-state index contributed by atoms with van der Waals surface area (Å²) >= 11 is 0. The number of nitrogens with one attached hydrogen (secondary N) is 1. The van der Waals surface area contributed by atoms with Gasteiger partial charge in [0.05, 0.1) is 31.3 Å². The quantitative estimate of drug-likeness (QED) is 0.497. The second-order valence-electron chi connectivity index (χ2n) is 6.87. The van der Waals surface area contributed by atoms with Gasteiger partial charge in [-0.05, 0) is 29.8 Å². The van der Waals surface area contributed by atoms with Crippen molar-refractivity contribution >= 4 is 28.5 Å². The number of nitrogens with zero attached hydrogens (tertiary/aromatic N) is 2. The lowest BCUT2D eigenvalue weighted by Crippen LogP contribution is -2.14. The third-order valence-corrected chi connectivity index (χ3v) is 4.92. The molecule has 0 bridgehead atoms. The molecule has 0 fully saturated rings. The monoisotopic (exact) mass is 399 g/mol. The number of aromatic nitrogens is 2. The fraction of sp³-hybridized carbons (Fsp3) is 0.125. The fourth-order valence-electron chi connectivity index (χ4n) is 3.44. The van der Waals surface area contributed by atoms with E-state index in [1.165, 1.54) is 7.11 Å². The van der Waals surface area contributed by atoms with Crippen LogP contribution in [0.1, 0.15) is 21.6 Å². The molecule has 0 saturated heterocycles. The summed E-state index contributed by atoms with van der Waals surface area (Å²) < 4.78 is 6.78. The number of amides is 1. The van der Waals surface area contributed by atoms with Crippen LogP contribution in [0, 0.1) is 0 Å². The smallest absolute Gasteiger partial charge is 0.310 e. The Morgan fingerprint density at radius 3 is 2.57 bits per heavy atom. The van der Waals surface area contributed by atoms with Gasteiger partial charge in [-0.2, -0.15) is 0 Å². The van der Waals surface area contributed by atoms with Gasteiger partial charge >= 0.3 is 5.97 Å². The van der Waals surface area contributed by atoms with Crippen LogP contribution in [0.15, 0.2) is 79.1 Å². The molecule has 0 unspecified atom stereocenters. The van der Waals surface area contributed by atoms with E-state index in [-0.39, 0.29) is 18.3 Å². The van der Waals surface area contributed by atoms with E-state index in [4.69, 9.17) is 4.74 Å². The Labute approximate surface area is 174 Å². The molecule has 4 aromatic rings. The molecule has 2 aromatic carbocycles. The van der Waals surface area contributed by atoms with E-state index in [2.05, 4.69) is 10.3 Å². The maximum Gasteiger partial charge on any atom is 0.310 e. The Balaban J connectivity index is 1.66. The van der Waals surface area contributed by atoms with E-state index in [1.807, 2.05) is 65.4 Å². The van der Waals surface area contributed by atoms with Gasteiger partial charge in [0, 0.05) is 29.0 Å². The minimum Gasteiger partial charge on any atom is -0.469 e. The number of pyridine rings is 1. The van der Waals surface area contributed by atoms with Crippen molar-refractivity contribution in [3.8, 4) is 0 Å². The van der Waals surface area contributed by atoms with Crippen LogP contribution in [0.3, 0.4) is 0 Å². The summed E-state index contributed by atoms with van der Waals surface area (Å²) in [5, 5.41) is 3.81. The molecule has 0 atom stereocenters. The highest BCUT2D eigenvalue weighted by Gasteiger charge is 2.17. The highest BCUT2D eigenvalue weighted by Crippen LogP contribution is 2.24. The Morgan fingerprint density at radius 1 is 1.00 bits per heavy atom. The molecule has 2 aromatic heterocycles. The predicted octanol–water partition coefficient (Wildman–Crippen LogP) is 4.05. The van der Waals surface area contributed by atoms with Crippen LogP contribution >= 0.6 is 0 Å². The number of carbonyl (C=O) groups excluding carboxylic acids is 2. The van der Waals surface area contributed by atoms with Crippen molar-refractivity contribution in [3.63, 3.8) is 0 Å². The average molecular weight is 399 g/mol. The molecule has 150 valence electrons. The molecule has 0 radical (unpaired) electrons. The van der Waals surface area contributed by atoms with Gasteiger partial charge in [-0.1, -0.05) is 42.5 Å². The molecular formula is C24H21N3O3. The lowest BCUT2D eigenvalue weighted by molar-refractivity contribution is -0.139. The zero-order valence-electron chi connectivity index (χ0n) is 16.5. The van der Waals surface area contributed by atoms with Gasteiger partial charge in [0.1, 0.15) is 0 Å². The van der Waals surface area contributed by atoms with Gasteiger partial charge in [0.15, 0.2) is 0 Å². The topological polar surface area (TPSA) is 73.2 Å². The summed E-state index contributed by atoms with van der Waals surface area (Å²) in [6.45, 7) is 0.563. The lowest BCUT2D eigenvalue weighted by Gasteiger charge is -2.10. The number of ether oxygens (including phenoxy) is 1. The normalized spacial score (nSPS) is 10.7. The van der Waals surface area contributed by atoms with Crippen molar-refractivity contribution in [2.24, 2.45) is 0 Å². The Hall–Kier alpha value is -3.93. The largest absolute Gasteiger partial charge is 0.469 e. The van der Waals surface area contributed by atoms with Gasteiger partial charge in [-0.3, -0.25) is 14.6 Å². The highest BCUT2D eigenvalue weighted by molar-refractivity contribution is 6.13. The second kappa shape index (κ2) is 8.61. The van der Waals surface area contributed by atoms with Crippen molar-refractivity contribution in [2.45, 2.75) is 13.0 Å². The molecule has 6 heteroatoms. The van der Waals surface area contributed by atoms with Crippen molar-refractivity contribution in [1.82, 2.24) is 9.55 Å². The zero-order chi connectivity index (χ0) is 20.9. The number of hydrogen-bond acceptors (Lipinski definition) is 4. The van der Waals surface area contributed by atoms with E-state index in [9.17, 15) is 9.59 Å². The van der Waals surface area contributed by atoms with Crippen LogP contribution in [0.2, 0.25) is 0 Å². The Bertz CT molecular complexity index is 1200. The van der Waals surface area contributed by atoms with Gasteiger partial charge in [0.2, 0.25) is 0 Å². The number of benzene rings is 2. The third kappa shape index (κ3) is 4.07. The number of anilines is 1. The molecule has 2 heterocycles. The van der Waals surface area contributed by atoms with Crippen LogP contribution in [0.25, 0.3) is 10.9 Å². The maximum atomic E-state index is 13.1. The SMILES string of the molecule is COC(=O)Cc1ccccc1NC(=O)c1cn(Cc2ccccn2)c2ccccc12. The first-order valence-electron chi connectivity index (χ1n) is 9.59. The van der Waals surface area contributed by atoms with Crippen LogP contribution in [0.5, 0.6) is 0 Å². The first-order chi connectivity index (χ1) is 14.7. The van der Waals surface area contributed by atoms with E-state index in [0.717, 1.165) is 16.6 Å². The first-order valence-corrected chi connectivity index (χ1v) is 9.59. The summed E-state index contributed by atoms with van der Waals surface area (Å²) in [5.74, 6) is -0.591. The molecule has 0 spiro atoms. The van der Waals surface area contributed by atoms with Crippen molar-refractivity contribution in [3.05, 3.63) is 95.9 Å². The number of hydrogen-bond donors (Lipinski definition) is 1. The van der Waals surface area contributed by atoms with Gasteiger partial charge in [-0.15, -0.1) is 0 Å². The summed E-state index contributed by atoms with van der Waals surface area (Å²) in [6.07, 6.45) is 3.69. The average Bonchev–Trinajstić information content (AvgIpc) is 3.14. The van der Waals surface area contributed by atoms with Crippen LogP contribution < -0.4 is 5.32 Å². The van der Waals surface area contributed by atoms with Gasteiger partial charge in [-0.25, -0.2) is 0 Å². The van der Waals surface area contributed by atoms with E-state index in [1.54, 1.807) is 18.3 Å². The molecular weight excluding hydrogens is 378 g/mol. The number of fused-ring (bicyclic) bond motifs is 1. The zero-order valence-corrected chi connectivity index (χ0v) is 16.5. The minimum atomic E-state index is -0.358. The highest BCUT2D eigenvalue weighted by atomic mass is 16.5. The second-order valence-corrected chi connectivity index (χ2v) is 6.87. The van der Waals surface area contributed by atoms with Crippen molar-refractivity contribution in [1.29, 1.82) is 0 Å². The number of methoxy groups -OCH3 is 1. The standard InChI is InChI=1S/C24H21N3O3/c1-30-23(28)14-17-8-2-4-11-21(17)26-24(29)20-16-27(15-18-9-6-7-13-25-18)22-12-5-3-10-19(20)22/h2-13,16H,14-15H2,1H3,(H,26,29). The Morgan fingerprint density at radius 2 is 1.77 bits per heavy atom. The predicted molar refractivity (Wildman–Crippen MR) is 115 cm³/mol. The summed E-state index contributed by atoms with van der Waals surface area (Å²) in [7, 11) is 1.35. The molecule has 1 amide bonds. The molecule has 6 nitrogen and oxygen atoms in total. The number of rotatable bonds is 6. The van der Waals surface area contributed by atoms with Gasteiger partial charge < -0.3 is 14.6 Å². The Kier molecular flexibility index (Phi) is 5.57. The first kappa shape index (κ1) is 19.4. The summed E-state index contributed by atoms with van der Waals surface area (Å²) in [5.41, 5.74) is 3.73. The van der Waals surface area contributed by atoms with Crippen molar-refractivity contribution in [2.75, 3.05) is 12.4 Å². The molecule has 0 aliphatic rings. The maximum absolute atomic E-state index is 13.1.